The summed E-state index contributed by atoms with van der Waals surface area (Å²) in [5, 5.41) is 3.67. The lowest BCUT2D eigenvalue weighted by molar-refractivity contribution is -0.160. The van der Waals surface area contributed by atoms with Gasteiger partial charge < -0.3 is 5.32 Å². The van der Waals surface area contributed by atoms with E-state index < -0.39 is 29.5 Å². The molecule has 0 aliphatic carbocycles. The summed E-state index contributed by atoms with van der Waals surface area (Å²) in [6.45, 7) is 3.58. The third kappa shape index (κ3) is 5.78. The highest BCUT2D eigenvalue weighted by atomic mass is 35.5. The van der Waals surface area contributed by atoms with Crippen LogP contribution in [0.3, 0.4) is 0 Å². The van der Waals surface area contributed by atoms with Gasteiger partial charge in [0.15, 0.2) is 5.78 Å². The number of aryl methyl sites for hydroxylation is 1. The summed E-state index contributed by atoms with van der Waals surface area (Å²) >= 11 is 11.6. The average molecular weight is 515 g/mol. The number of alkyl halides is 3. The molecule has 1 fully saturated rings. The number of halogens is 5. The Morgan fingerprint density at radius 3 is 2.32 bits per heavy atom. The summed E-state index contributed by atoms with van der Waals surface area (Å²) in [7, 11) is 0. The monoisotopic (exact) mass is 514 g/mol. The quantitative estimate of drug-likeness (QED) is 0.433. The Kier molecular flexibility index (Phi) is 7.70. The predicted octanol–water partition coefficient (Wildman–Crippen LogP) is 5.02. The first-order valence-corrected chi connectivity index (χ1v) is 10.8. The fourth-order valence-electron chi connectivity index (χ4n) is 3.38. The van der Waals surface area contributed by atoms with Crippen molar-refractivity contribution < 1.29 is 32.4 Å². The van der Waals surface area contributed by atoms with Crippen LogP contribution >= 0.6 is 23.2 Å². The highest BCUT2D eigenvalue weighted by Gasteiger charge is 2.36. The lowest BCUT2D eigenvalue weighted by atomic mass is 9.98. The molecule has 3 rings (SSSR count). The van der Waals surface area contributed by atoms with E-state index in [-0.39, 0.29) is 39.2 Å². The molecule has 1 aliphatic rings. The van der Waals surface area contributed by atoms with Gasteiger partial charge in [0.1, 0.15) is 12.6 Å². The minimum absolute atomic E-state index is 0.00738. The number of hydrogen-bond acceptors (Lipinski definition) is 4. The van der Waals surface area contributed by atoms with Crippen LogP contribution in [0.5, 0.6) is 0 Å². The minimum Gasteiger partial charge on any atom is -0.338 e. The van der Waals surface area contributed by atoms with Gasteiger partial charge in [0.25, 0.3) is 11.8 Å². The van der Waals surface area contributed by atoms with Crippen LogP contribution in [0.1, 0.15) is 38.8 Å². The number of likely N-dealkylation sites (N-methyl/N-ethyl adjacent to an activating group) is 1. The minimum atomic E-state index is -4.85. The zero-order valence-electron chi connectivity index (χ0n) is 18.0. The summed E-state index contributed by atoms with van der Waals surface area (Å²) < 4.78 is 41.0. The summed E-state index contributed by atoms with van der Waals surface area (Å²) in [5.74, 6) is -1.88. The number of carbonyl (C=O) groups excluding carboxylic acids is 3. The van der Waals surface area contributed by atoms with Crippen LogP contribution in [0.15, 0.2) is 42.5 Å². The molecule has 0 unspecified atom stereocenters. The highest BCUT2D eigenvalue weighted by molar-refractivity contribution is 6.35. The number of hydroxylamine groups is 2. The van der Waals surface area contributed by atoms with Crippen molar-refractivity contribution >= 4 is 46.4 Å². The summed E-state index contributed by atoms with van der Waals surface area (Å²) in [5.41, 5.74) is -1.10. The van der Waals surface area contributed by atoms with Crippen LogP contribution < -0.4 is 5.32 Å². The molecule has 0 spiro atoms. The largest absolute Gasteiger partial charge is 0.417 e. The average Bonchev–Trinajstić information content (AvgIpc) is 3.09. The molecule has 2 amide bonds. The Hall–Kier alpha value is -2.88. The number of nitrogens with zero attached hydrogens (tertiary/aromatic N) is 1. The van der Waals surface area contributed by atoms with Crippen LogP contribution in [0, 0.1) is 6.92 Å². The van der Waals surface area contributed by atoms with E-state index in [1.54, 1.807) is 6.92 Å². The van der Waals surface area contributed by atoms with E-state index >= 15 is 0 Å². The smallest absolute Gasteiger partial charge is 0.338 e. The standard InChI is InChI=1S/C23H19Cl2F3N2O4/c1-3-30-22(33)19(11-34-30)29-21(32)17-5-4-13(6-12(17)2)20(31)10-18(23(26,27)28)14-7-15(24)9-16(25)8-14/h4-10,19H,3,11H2,1-2H3,(H,29,32)/b18-10+/t19-/m1/s1. The first kappa shape index (κ1) is 25.7. The molecular weight excluding hydrogens is 496 g/mol. The maximum absolute atomic E-state index is 13.7. The third-order valence-electron chi connectivity index (χ3n) is 5.04. The van der Waals surface area contributed by atoms with Crippen molar-refractivity contribution in [3.05, 3.63) is 74.8 Å². The fraction of sp³-hybridized carbons (Fsp3) is 0.261. The summed E-state index contributed by atoms with van der Waals surface area (Å²) in [4.78, 5) is 42.5. The van der Waals surface area contributed by atoms with Crippen LogP contribution in [0.4, 0.5) is 13.2 Å². The molecule has 34 heavy (non-hydrogen) atoms. The maximum atomic E-state index is 13.7. The Labute approximate surface area is 203 Å². The Bertz CT molecular complexity index is 1160. The van der Waals surface area contributed by atoms with Gasteiger partial charge in [-0.15, -0.1) is 0 Å². The lowest BCUT2D eigenvalue weighted by Crippen LogP contribution is -2.42. The number of nitrogens with one attached hydrogen (secondary N) is 1. The molecule has 0 bridgehead atoms. The second kappa shape index (κ2) is 10.2. The van der Waals surface area contributed by atoms with E-state index in [0.29, 0.717) is 18.2 Å². The molecule has 2 aromatic rings. The van der Waals surface area contributed by atoms with Crippen LogP contribution in [-0.2, 0) is 9.63 Å². The summed E-state index contributed by atoms with van der Waals surface area (Å²) in [6, 6.07) is 6.41. The van der Waals surface area contributed by atoms with Crippen LogP contribution in [0.2, 0.25) is 10.0 Å². The number of amides is 2. The van der Waals surface area contributed by atoms with Gasteiger partial charge >= 0.3 is 6.18 Å². The number of rotatable bonds is 6. The SMILES string of the molecule is CCN1OC[C@@H](NC(=O)c2ccc(C(=O)/C=C(\c3cc(Cl)cc(Cl)c3)C(F)(F)F)cc2C)C1=O. The predicted molar refractivity (Wildman–Crippen MR) is 121 cm³/mol. The zero-order chi connectivity index (χ0) is 25.2. The topological polar surface area (TPSA) is 75.7 Å². The van der Waals surface area contributed by atoms with Crippen LogP contribution in [-0.4, -0.2) is 48.0 Å². The molecule has 2 aromatic carbocycles. The molecule has 11 heteroatoms. The fourth-order valence-corrected chi connectivity index (χ4v) is 3.91. The Morgan fingerprint density at radius 2 is 1.79 bits per heavy atom. The van der Waals surface area contributed by atoms with Gasteiger partial charge in [0, 0.05) is 27.7 Å². The molecule has 0 saturated carbocycles. The number of carbonyl (C=O) groups is 3. The second-order valence-corrected chi connectivity index (χ2v) is 8.34. The molecule has 1 atom stereocenters. The molecule has 1 saturated heterocycles. The van der Waals surface area contributed by atoms with E-state index in [2.05, 4.69) is 5.32 Å². The molecule has 180 valence electrons. The Balaban J connectivity index is 1.85. The molecule has 0 aromatic heterocycles. The molecule has 1 heterocycles. The number of allylic oxidation sites excluding steroid dienone is 2. The lowest BCUT2D eigenvalue weighted by Gasteiger charge is -2.14. The zero-order valence-corrected chi connectivity index (χ0v) is 19.5. The van der Waals surface area contributed by atoms with Gasteiger partial charge in [-0.25, -0.2) is 5.06 Å². The molecule has 1 aliphatic heterocycles. The number of benzene rings is 2. The third-order valence-corrected chi connectivity index (χ3v) is 5.48. The summed E-state index contributed by atoms with van der Waals surface area (Å²) in [6.07, 6.45) is -4.38. The Morgan fingerprint density at radius 1 is 1.15 bits per heavy atom. The normalized spacial score (nSPS) is 16.7. The van der Waals surface area contributed by atoms with Crippen molar-refractivity contribution in [2.45, 2.75) is 26.1 Å². The van der Waals surface area contributed by atoms with Crippen molar-refractivity contribution in [1.82, 2.24) is 10.4 Å². The van der Waals surface area contributed by atoms with Crippen molar-refractivity contribution in [1.29, 1.82) is 0 Å². The van der Waals surface area contributed by atoms with Crippen molar-refractivity contribution in [3.63, 3.8) is 0 Å². The van der Waals surface area contributed by atoms with Crippen molar-refractivity contribution in [3.8, 4) is 0 Å². The second-order valence-electron chi connectivity index (χ2n) is 7.46. The highest BCUT2D eigenvalue weighted by Crippen LogP contribution is 2.36. The number of ketones is 1. The van der Waals surface area contributed by atoms with E-state index in [4.69, 9.17) is 28.0 Å². The van der Waals surface area contributed by atoms with E-state index in [1.807, 2.05) is 0 Å². The van der Waals surface area contributed by atoms with Crippen LogP contribution in [0.25, 0.3) is 5.57 Å². The molecule has 1 N–H and O–H groups in total. The van der Waals surface area contributed by atoms with Gasteiger partial charge in [-0.3, -0.25) is 19.2 Å². The molecular formula is C23H19Cl2F3N2O4. The van der Waals surface area contributed by atoms with E-state index in [0.717, 1.165) is 17.2 Å². The maximum Gasteiger partial charge on any atom is 0.417 e. The van der Waals surface area contributed by atoms with Gasteiger partial charge in [-0.05, 0) is 61.4 Å². The molecule has 6 nitrogen and oxygen atoms in total. The first-order valence-electron chi connectivity index (χ1n) is 10.1. The molecule has 0 radical (unpaired) electrons. The van der Waals surface area contributed by atoms with Gasteiger partial charge in [-0.2, -0.15) is 13.2 Å². The van der Waals surface area contributed by atoms with E-state index in [9.17, 15) is 27.6 Å². The van der Waals surface area contributed by atoms with Gasteiger partial charge in [-0.1, -0.05) is 29.3 Å². The van der Waals surface area contributed by atoms with Crippen molar-refractivity contribution in [2.24, 2.45) is 0 Å². The van der Waals surface area contributed by atoms with E-state index in [1.165, 1.54) is 31.2 Å². The van der Waals surface area contributed by atoms with Crippen molar-refractivity contribution in [2.75, 3.05) is 13.2 Å². The van der Waals surface area contributed by atoms with Gasteiger partial charge in [0.05, 0.1) is 5.57 Å². The number of hydrogen-bond donors (Lipinski definition) is 1. The van der Waals surface area contributed by atoms with Gasteiger partial charge in [0.2, 0.25) is 0 Å². The first-order chi connectivity index (χ1) is 15.9.